The van der Waals surface area contributed by atoms with Gasteiger partial charge in [-0.1, -0.05) is 24.3 Å². The number of pyridine rings is 2. The normalized spacial score (nSPS) is 10.6. The van der Waals surface area contributed by atoms with Crippen LogP contribution in [0, 0.1) is 6.92 Å². The minimum absolute atomic E-state index is 0.263. The van der Waals surface area contributed by atoms with Gasteiger partial charge in [-0.15, -0.1) is 0 Å². The number of nitrogens with zero attached hydrogens (tertiary/aromatic N) is 2. The highest BCUT2D eigenvalue weighted by molar-refractivity contribution is 9.10. The van der Waals surface area contributed by atoms with Gasteiger partial charge in [0.15, 0.2) is 0 Å². The van der Waals surface area contributed by atoms with Gasteiger partial charge in [0, 0.05) is 16.1 Å². The van der Waals surface area contributed by atoms with Crippen LogP contribution in [-0.4, -0.2) is 15.9 Å². The maximum Gasteiger partial charge on any atom is 0.276 e. The number of hydrogen-bond acceptors (Lipinski definition) is 3. The number of hydrogen-bond donors (Lipinski definition) is 1. The van der Waals surface area contributed by atoms with Gasteiger partial charge in [0.25, 0.3) is 5.91 Å². The molecule has 0 aliphatic carbocycles. The van der Waals surface area contributed by atoms with Crippen LogP contribution in [0.2, 0.25) is 0 Å². The lowest BCUT2D eigenvalue weighted by atomic mass is 10.1. The first-order valence-corrected chi connectivity index (χ1v) is 7.23. The van der Waals surface area contributed by atoms with Crippen LogP contribution < -0.4 is 5.32 Å². The number of benzene rings is 1. The summed E-state index contributed by atoms with van der Waals surface area (Å²) in [7, 11) is 0. The fourth-order valence-corrected chi connectivity index (χ4v) is 2.31. The first kappa shape index (κ1) is 13.7. The average molecular weight is 342 g/mol. The van der Waals surface area contributed by atoms with E-state index in [0.717, 1.165) is 20.9 Å². The smallest absolute Gasteiger partial charge is 0.276 e. The maximum absolute atomic E-state index is 12.4. The van der Waals surface area contributed by atoms with Crippen LogP contribution in [0.5, 0.6) is 0 Å². The Hall–Kier alpha value is -2.27. The molecule has 21 heavy (non-hydrogen) atoms. The summed E-state index contributed by atoms with van der Waals surface area (Å²) in [5.74, 6) is 0.247. The zero-order valence-corrected chi connectivity index (χ0v) is 12.9. The van der Waals surface area contributed by atoms with Crippen molar-refractivity contribution in [1.29, 1.82) is 0 Å². The van der Waals surface area contributed by atoms with Gasteiger partial charge in [0.05, 0.1) is 5.69 Å². The Bertz CT molecular complexity index is 827. The Balaban J connectivity index is 1.95. The first-order valence-electron chi connectivity index (χ1n) is 6.43. The minimum Gasteiger partial charge on any atom is -0.305 e. The molecule has 0 aliphatic rings. The van der Waals surface area contributed by atoms with Crippen molar-refractivity contribution in [1.82, 2.24) is 9.97 Å². The van der Waals surface area contributed by atoms with E-state index in [0.29, 0.717) is 11.5 Å². The monoisotopic (exact) mass is 341 g/mol. The molecule has 1 aromatic carbocycles. The number of anilines is 1. The molecule has 2 aromatic heterocycles. The SMILES string of the molecule is Cc1nc(NC(=O)c2nccc3ccccc23)ccc1Br. The van der Waals surface area contributed by atoms with E-state index in [9.17, 15) is 4.79 Å². The van der Waals surface area contributed by atoms with Crippen LogP contribution in [0.1, 0.15) is 16.2 Å². The summed E-state index contributed by atoms with van der Waals surface area (Å²) in [5.41, 5.74) is 1.22. The summed E-state index contributed by atoms with van der Waals surface area (Å²) in [5, 5.41) is 4.59. The lowest BCUT2D eigenvalue weighted by Gasteiger charge is -2.07. The van der Waals surface area contributed by atoms with E-state index in [2.05, 4.69) is 31.2 Å². The van der Waals surface area contributed by atoms with Crippen LogP contribution in [0.3, 0.4) is 0 Å². The Kier molecular flexibility index (Phi) is 3.66. The molecule has 0 saturated heterocycles. The third-order valence-electron chi connectivity index (χ3n) is 3.15. The molecule has 1 amide bonds. The van der Waals surface area contributed by atoms with Crippen molar-refractivity contribution in [2.24, 2.45) is 0 Å². The molecule has 3 rings (SSSR count). The number of carbonyl (C=O) groups excluding carboxylic acids is 1. The third kappa shape index (κ3) is 2.78. The zero-order valence-electron chi connectivity index (χ0n) is 11.3. The second-order valence-electron chi connectivity index (χ2n) is 4.60. The van der Waals surface area contributed by atoms with E-state index in [1.54, 1.807) is 12.3 Å². The summed E-state index contributed by atoms with van der Waals surface area (Å²) in [6.07, 6.45) is 1.64. The molecule has 104 valence electrons. The van der Waals surface area contributed by atoms with E-state index in [4.69, 9.17) is 0 Å². The Morgan fingerprint density at radius 1 is 1.14 bits per heavy atom. The Labute approximate surface area is 130 Å². The largest absolute Gasteiger partial charge is 0.305 e. The van der Waals surface area contributed by atoms with Crippen molar-refractivity contribution in [3.05, 3.63) is 64.5 Å². The van der Waals surface area contributed by atoms with Crippen molar-refractivity contribution in [3.63, 3.8) is 0 Å². The van der Waals surface area contributed by atoms with E-state index < -0.39 is 0 Å². The van der Waals surface area contributed by atoms with Gasteiger partial charge < -0.3 is 5.32 Å². The molecule has 5 heteroatoms. The van der Waals surface area contributed by atoms with Gasteiger partial charge in [0.2, 0.25) is 0 Å². The molecule has 0 atom stereocenters. The summed E-state index contributed by atoms with van der Waals surface area (Å²) in [6, 6.07) is 13.2. The van der Waals surface area contributed by atoms with Crippen molar-refractivity contribution in [2.45, 2.75) is 6.92 Å². The summed E-state index contributed by atoms with van der Waals surface area (Å²) in [4.78, 5) is 20.9. The molecule has 0 spiro atoms. The molecule has 4 nitrogen and oxygen atoms in total. The van der Waals surface area contributed by atoms with Gasteiger partial charge in [-0.25, -0.2) is 4.98 Å². The van der Waals surface area contributed by atoms with Gasteiger partial charge in [-0.3, -0.25) is 9.78 Å². The van der Waals surface area contributed by atoms with Crippen LogP contribution in [0.15, 0.2) is 53.1 Å². The zero-order chi connectivity index (χ0) is 14.8. The van der Waals surface area contributed by atoms with Crippen molar-refractivity contribution in [3.8, 4) is 0 Å². The van der Waals surface area contributed by atoms with Crippen LogP contribution in [0.4, 0.5) is 5.82 Å². The van der Waals surface area contributed by atoms with E-state index in [1.807, 2.05) is 43.3 Å². The first-order chi connectivity index (χ1) is 10.1. The van der Waals surface area contributed by atoms with E-state index >= 15 is 0 Å². The van der Waals surface area contributed by atoms with Crippen molar-refractivity contribution < 1.29 is 4.79 Å². The van der Waals surface area contributed by atoms with E-state index in [-0.39, 0.29) is 5.91 Å². The molecule has 0 unspecified atom stereocenters. The number of rotatable bonds is 2. The summed E-state index contributed by atoms with van der Waals surface area (Å²) in [6.45, 7) is 1.87. The highest BCUT2D eigenvalue weighted by Crippen LogP contribution is 2.19. The Morgan fingerprint density at radius 3 is 2.76 bits per heavy atom. The molecule has 0 aliphatic heterocycles. The summed E-state index contributed by atoms with van der Waals surface area (Å²) < 4.78 is 0.906. The van der Waals surface area contributed by atoms with Gasteiger partial charge >= 0.3 is 0 Å². The number of aryl methyl sites for hydroxylation is 1. The number of nitrogens with one attached hydrogen (secondary N) is 1. The van der Waals surface area contributed by atoms with Crippen molar-refractivity contribution >= 4 is 38.4 Å². The van der Waals surface area contributed by atoms with E-state index in [1.165, 1.54) is 0 Å². The molecular weight excluding hydrogens is 330 g/mol. The lowest BCUT2D eigenvalue weighted by Crippen LogP contribution is -2.15. The van der Waals surface area contributed by atoms with Crippen molar-refractivity contribution in [2.75, 3.05) is 5.32 Å². The number of carbonyl (C=O) groups is 1. The number of fused-ring (bicyclic) bond motifs is 1. The van der Waals surface area contributed by atoms with Gasteiger partial charge in [-0.05, 0) is 46.4 Å². The third-order valence-corrected chi connectivity index (χ3v) is 3.99. The number of halogens is 1. The fourth-order valence-electron chi connectivity index (χ4n) is 2.09. The molecule has 0 fully saturated rings. The highest BCUT2D eigenvalue weighted by Gasteiger charge is 2.12. The standard InChI is InChI=1S/C16H12BrN3O/c1-10-13(17)6-7-14(19-10)20-16(21)15-12-5-3-2-4-11(12)8-9-18-15/h2-9H,1H3,(H,19,20,21). The second-order valence-corrected chi connectivity index (χ2v) is 5.45. The number of aromatic nitrogens is 2. The molecule has 3 aromatic rings. The minimum atomic E-state index is -0.263. The predicted molar refractivity (Wildman–Crippen MR) is 86.4 cm³/mol. The van der Waals surface area contributed by atoms with Crippen LogP contribution in [-0.2, 0) is 0 Å². The number of amides is 1. The fraction of sp³-hybridized carbons (Fsp3) is 0.0625. The molecular formula is C16H12BrN3O. The maximum atomic E-state index is 12.4. The molecule has 2 heterocycles. The Morgan fingerprint density at radius 2 is 1.95 bits per heavy atom. The molecule has 0 saturated carbocycles. The lowest BCUT2D eigenvalue weighted by molar-refractivity contribution is 0.102. The molecule has 0 bridgehead atoms. The highest BCUT2D eigenvalue weighted by atomic mass is 79.9. The quantitative estimate of drug-likeness (QED) is 0.767. The van der Waals surface area contributed by atoms with Gasteiger partial charge in [0.1, 0.15) is 11.5 Å². The molecule has 0 radical (unpaired) electrons. The van der Waals surface area contributed by atoms with Crippen LogP contribution >= 0.6 is 15.9 Å². The predicted octanol–water partition coefficient (Wildman–Crippen LogP) is 3.95. The second kappa shape index (κ2) is 5.61. The van der Waals surface area contributed by atoms with Gasteiger partial charge in [-0.2, -0.15) is 0 Å². The van der Waals surface area contributed by atoms with Crippen LogP contribution in [0.25, 0.3) is 10.8 Å². The topological polar surface area (TPSA) is 54.9 Å². The average Bonchev–Trinajstić information content (AvgIpc) is 2.50. The summed E-state index contributed by atoms with van der Waals surface area (Å²) >= 11 is 3.39. The molecule has 1 N–H and O–H groups in total.